The number of pyridine rings is 1. The van der Waals surface area contributed by atoms with E-state index in [1.165, 1.54) is 18.4 Å². The first kappa shape index (κ1) is 9.14. The normalized spacial score (nSPS) is 10.8. The quantitative estimate of drug-likeness (QED) is 0.783. The minimum absolute atomic E-state index is 0.0151. The lowest BCUT2D eigenvalue weighted by Crippen LogP contribution is -1.95. The van der Waals surface area contributed by atoms with E-state index in [2.05, 4.69) is 9.97 Å². The highest BCUT2D eigenvalue weighted by Crippen LogP contribution is 2.29. The molecule has 2 aromatic rings. The van der Waals surface area contributed by atoms with Gasteiger partial charge in [-0.2, -0.15) is 4.98 Å². The Balaban J connectivity index is 2.84. The van der Waals surface area contributed by atoms with Crippen LogP contribution in [0, 0.1) is 12.7 Å². The van der Waals surface area contributed by atoms with Crippen LogP contribution in [0.5, 0.6) is 5.88 Å². The smallest absolute Gasteiger partial charge is 0.251 e. The topological polar surface area (TPSA) is 61.0 Å². The molecule has 0 amide bonds. The molecule has 4 nitrogen and oxygen atoms in total. The lowest BCUT2D eigenvalue weighted by atomic mass is 10.2. The van der Waals surface area contributed by atoms with Crippen molar-refractivity contribution < 1.29 is 9.13 Å². The van der Waals surface area contributed by atoms with Crippen LogP contribution < -0.4 is 10.5 Å². The Bertz CT molecular complexity index is 497. The molecule has 0 aromatic carbocycles. The number of aryl methyl sites for hydroxylation is 1. The van der Waals surface area contributed by atoms with Gasteiger partial charge in [0.2, 0.25) is 0 Å². The number of nitrogens with two attached hydrogens (primary N) is 1. The van der Waals surface area contributed by atoms with Crippen molar-refractivity contribution >= 4 is 26.8 Å². The number of nitrogens with zero attached hydrogens (tertiary/aromatic N) is 2. The van der Waals surface area contributed by atoms with Crippen molar-refractivity contribution in [2.24, 2.45) is 0 Å². The summed E-state index contributed by atoms with van der Waals surface area (Å²) >= 11 is 1.21. The van der Waals surface area contributed by atoms with Crippen molar-refractivity contribution in [3.8, 4) is 5.88 Å². The molecule has 2 heterocycles. The number of hydrogen-bond donors (Lipinski definition) is 1. The molecule has 0 aliphatic heterocycles. The number of aromatic nitrogens is 2. The Morgan fingerprint density at radius 1 is 1.43 bits per heavy atom. The number of thiazole rings is 1. The van der Waals surface area contributed by atoms with E-state index in [0.29, 0.717) is 21.0 Å². The summed E-state index contributed by atoms with van der Waals surface area (Å²) in [5, 5.41) is 0.378. The summed E-state index contributed by atoms with van der Waals surface area (Å²) in [6.45, 7) is 1.63. The molecule has 0 saturated carbocycles. The second-order valence-electron chi connectivity index (χ2n) is 2.77. The predicted octanol–water partition coefficient (Wildman–Crippen LogP) is 1.73. The number of nitrogen functional groups attached to an aromatic ring is 1. The van der Waals surface area contributed by atoms with Crippen LogP contribution in [0.25, 0.3) is 10.3 Å². The number of hydrogen-bond acceptors (Lipinski definition) is 5. The van der Waals surface area contributed by atoms with Crippen molar-refractivity contribution in [2.45, 2.75) is 6.92 Å². The van der Waals surface area contributed by atoms with E-state index in [9.17, 15) is 4.39 Å². The van der Waals surface area contributed by atoms with Gasteiger partial charge in [0.05, 0.1) is 7.11 Å². The molecule has 74 valence electrons. The Hall–Kier alpha value is -1.43. The van der Waals surface area contributed by atoms with E-state index in [4.69, 9.17) is 10.5 Å². The largest absolute Gasteiger partial charge is 0.479 e. The third-order valence-electron chi connectivity index (χ3n) is 1.89. The van der Waals surface area contributed by atoms with Gasteiger partial charge in [-0.25, -0.2) is 9.37 Å². The maximum Gasteiger partial charge on any atom is 0.251 e. The summed E-state index contributed by atoms with van der Waals surface area (Å²) in [5.41, 5.74) is 6.43. The van der Waals surface area contributed by atoms with Crippen molar-refractivity contribution in [1.29, 1.82) is 0 Å². The number of methoxy groups -OCH3 is 1. The van der Waals surface area contributed by atoms with E-state index < -0.39 is 5.82 Å². The Morgan fingerprint density at radius 2 is 2.14 bits per heavy atom. The number of anilines is 1. The summed E-state index contributed by atoms with van der Waals surface area (Å²) in [6.07, 6.45) is 0. The molecule has 0 atom stereocenters. The molecular weight excluding hydrogens is 205 g/mol. The van der Waals surface area contributed by atoms with Gasteiger partial charge in [0.15, 0.2) is 10.9 Å². The molecule has 14 heavy (non-hydrogen) atoms. The Labute approximate surface area is 83.5 Å². The van der Waals surface area contributed by atoms with Gasteiger partial charge in [-0.1, -0.05) is 11.3 Å². The second-order valence-corrected chi connectivity index (χ2v) is 3.78. The van der Waals surface area contributed by atoms with Gasteiger partial charge in [-0.3, -0.25) is 0 Å². The fourth-order valence-electron chi connectivity index (χ4n) is 1.19. The second kappa shape index (κ2) is 3.06. The fourth-order valence-corrected chi connectivity index (χ4v) is 1.95. The van der Waals surface area contributed by atoms with E-state index in [-0.39, 0.29) is 5.88 Å². The van der Waals surface area contributed by atoms with Crippen LogP contribution in [0.1, 0.15) is 5.56 Å². The van der Waals surface area contributed by atoms with Gasteiger partial charge in [0.1, 0.15) is 10.3 Å². The molecule has 0 unspecified atom stereocenters. The van der Waals surface area contributed by atoms with Crippen LogP contribution in [-0.2, 0) is 0 Å². The van der Waals surface area contributed by atoms with Gasteiger partial charge in [-0.15, -0.1) is 0 Å². The minimum Gasteiger partial charge on any atom is -0.479 e. The highest BCUT2D eigenvalue weighted by atomic mass is 32.1. The molecule has 0 radical (unpaired) electrons. The summed E-state index contributed by atoms with van der Waals surface area (Å²) in [6, 6.07) is 0. The van der Waals surface area contributed by atoms with Crippen LogP contribution in [0.4, 0.5) is 9.52 Å². The van der Waals surface area contributed by atoms with Crippen LogP contribution in [0.3, 0.4) is 0 Å². The molecule has 0 saturated heterocycles. The molecule has 2 rings (SSSR count). The van der Waals surface area contributed by atoms with Gasteiger partial charge in [0, 0.05) is 5.56 Å². The number of halogens is 1. The summed E-state index contributed by atoms with van der Waals surface area (Å²) in [4.78, 5) is 8.54. The van der Waals surface area contributed by atoms with E-state index in [1.807, 2.05) is 0 Å². The van der Waals surface area contributed by atoms with Gasteiger partial charge in [0.25, 0.3) is 5.88 Å². The molecule has 0 spiro atoms. The van der Waals surface area contributed by atoms with Crippen LogP contribution in [0.15, 0.2) is 0 Å². The SMILES string of the molecule is COc1nc2sc(N)nc2c(C)c1F. The molecular formula is C8H8FN3OS. The zero-order chi connectivity index (χ0) is 10.3. The summed E-state index contributed by atoms with van der Waals surface area (Å²) < 4.78 is 18.3. The molecule has 0 aliphatic rings. The third kappa shape index (κ3) is 1.19. The van der Waals surface area contributed by atoms with Crippen molar-refractivity contribution in [1.82, 2.24) is 9.97 Å². The third-order valence-corrected chi connectivity index (χ3v) is 2.67. The van der Waals surface area contributed by atoms with Crippen LogP contribution >= 0.6 is 11.3 Å². The summed E-state index contributed by atoms with van der Waals surface area (Å²) in [7, 11) is 1.38. The number of fused-ring (bicyclic) bond motifs is 1. The zero-order valence-electron chi connectivity index (χ0n) is 7.67. The maximum absolute atomic E-state index is 13.5. The Morgan fingerprint density at radius 3 is 2.79 bits per heavy atom. The number of rotatable bonds is 1. The first-order chi connectivity index (χ1) is 6.63. The minimum atomic E-state index is -0.481. The lowest BCUT2D eigenvalue weighted by Gasteiger charge is -2.02. The van der Waals surface area contributed by atoms with Gasteiger partial charge < -0.3 is 10.5 Å². The molecule has 6 heteroatoms. The first-order valence-corrected chi connectivity index (χ1v) is 4.71. The molecule has 0 bridgehead atoms. The summed E-state index contributed by atoms with van der Waals surface area (Å²) in [5.74, 6) is -0.496. The van der Waals surface area contributed by atoms with Crippen molar-refractivity contribution in [3.05, 3.63) is 11.4 Å². The first-order valence-electron chi connectivity index (χ1n) is 3.89. The average molecular weight is 213 g/mol. The van der Waals surface area contributed by atoms with Crippen LogP contribution in [-0.4, -0.2) is 17.1 Å². The van der Waals surface area contributed by atoms with E-state index >= 15 is 0 Å². The highest BCUT2D eigenvalue weighted by molar-refractivity contribution is 7.21. The predicted molar refractivity (Wildman–Crippen MR) is 53.1 cm³/mol. The highest BCUT2D eigenvalue weighted by Gasteiger charge is 2.15. The Kier molecular flexibility index (Phi) is 1.99. The van der Waals surface area contributed by atoms with Crippen molar-refractivity contribution in [3.63, 3.8) is 0 Å². The molecule has 2 N–H and O–H groups in total. The standard InChI is InChI=1S/C8H8FN3OS/c1-3-4(9)6(13-2)12-7-5(3)11-8(10)14-7/h1-2H3,(H2,10,11). The zero-order valence-corrected chi connectivity index (χ0v) is 8.48. The maximum atomic E-state index is 13.5. The average Bonchev–Trinajstić information content (AvgIpc) is 2.52. The molecule has 2 aromatic heterocycles. The van der Waals surface area contributed by atoms with Gasteiger partial charge in [-0.05, 0) is 6.92 Å². The van der Waals surface area contributed by atoms with Gasteiger partial charge >= 0.3 is 0 Å². The van der Waals surface area contributed by atoms with E-state index in [0.717, 1.165) is 0 Å². The van der Waals surface area contributed by atoms with E-state index in [1.54, 1.807) is 6.92 Å². The molecule has 0 fully saturated rings. The monoisotopic (exact) mass is 213 g/mol. The van der Waals surface area contributed by atoms with Crippen LogP contribution in [0.2, 0.25) is 0 Å². The fraction of sp³-hybridized carbons (Fsp3) is 0.250. The number of ether oxygens (including phenoxy) is 1. The van der Waals surface area contributed by atoms with Crippen molar-refractivity contribution in [2.75, 3.05) is 12.8 Å². The molecule has 0 aliphatic carbocycles. The lowest BCUT2D eigenvalue weighted by molar-refractivity contribution is 0.370.